The highest BCUT2D eigenvalue weighted by molar-refractivity contribution is 5.91. The van der Waals surface area contributed by atoms with Gasteiger partial charge in [0.15, 0.2) is 5.78 Å². The van der Waals surface area contributed by atoms with E-state index in [1.165, 1.54) is 19.3 Å². The van der Waals surface area contributed by atoms with E-state index < -0.39 is 0 Å². The minimum Gasteiger partial charge on any atom is -0.295 e. The first-order valence-corrected chi connectivity index (χ1v) is 5.11. The van der Waals surface area contributed by atoms with Crippen LogP contribution in [0.5, 0.6) is 0 Å². The second-order valence-corrected chi connectivity index (χ2v) is 4.29. The van der Waals surface area contributed by atoms with Crippen LogP contribution in [-0.2, 0) is 4.79 Å². The van der Waals surface area contributed by atoms with Crippen molar-refractivity contribution >= 4 is 5.78 Å². The molecule has 0 amide bonds. The van der Waals surface area contributed by atoms with Crippen LogP contribution in [0.2, 0.25) is 0 Å². The van der Waals surface area contributed by atoms with Crippen LogP contribution in [0.4, 0.5) is 0 Å². The van der Waals surface area contributed by atoms with Crippen LogP contribution in [0.3, 0.4) is 0 Å². The quantitative estimate of drug-likeness (QED) is 0.561. The topological polar surface area (TPSA) is 17.1 Å². The van der Waals surface area contributed by atoms with E-state index in [0.717, 1.165) is 6.42 Å². The van der Waals surface area contributed by atoms with Gasteiger partial charge < -0.3 is 0 Å². The lowest BCUT2D eigenvalue weighted by Gasteiger charge is -2.42. The van der Waals surface area contributed by atoms with E-state index in [1.807, 2.05) is 6.08 Å². The van der Waals surface area contributed by atoms with Gasteiger partial charge in [-0.2, -0.15) is 0 Å². The normalized spacial score (nSPS) is 38.5. The molecule has 0 radical (unpaired) electrons. The van der Waals surface area contributed by atoms with Gasteiger partial charge in [-0.25, -0.2) is 0 Å². The summed E-state index contributed by atoms with van der Waals surface area (Å²) in [5.74, 6) is 0.856. The minimum atomic E-state index is 0.115. The number of hydrogen-bond donors (Lipinski definition) is 0. The molecule has 0 aromatic rings. The van der Waals surface area contributed by atoms with Crippen LogP contribution in [0.15, 0.2) is 24.8 Å². The molecule has 1 nitrogen and oxygen atoms in total. The Hall–Kier alpha value is -0.850. The van der Waals surface area contributed by atoms with Crippen LogP contribution in [0.1, 0.15) is 32.1 Å². The number of carbonyl (C=O) groups is 1. The lowest BCUT2D eigenvalue weighted by Crippen LogP contribution is -2.35. The Balaban J connectivity index is 2.31. The molecule has 0 heterocycles. The van der Waals surface area contributed by atoms with Gasteiger partial charge in [0, 0.05) is 11.8 Å². The van der Waals surface area contributed by atoms with E-state index >= 15 is 0 Å². The number of ketones is 1. The Morgan fingerprint density at radius 1 is 1.54 bits per heavy atom. The first-order valence-electron chi connectivity index (χ1n) is 5.11. The average molecular weight is 176 g/mol. The molecular formula is C12H16O. The van der Waals surface area contributed by atoms with Crippen molar-refractivity contribution in [2.75, 3.05) is 0 Å². The molecule has 0 bridgehead atoms. The van der Waals surface area contributed by atoms with Crippen LogP contribution in [-0.4, -0.2) is 5.78 Å². The molecule has 0 aromatic carbocycles. The van der Waals surface area contributed by atoms with Crippen molar-refractivity contribution in [1.82, 2.24) is 0 Å². The van der Waals surface area contributed by atoms with Crippen LogP contribution in [0.25, 0.3) is 0 Å². The number of allylic oxidation sites excluding steroid dienone is 3. The zero-order chi connectivity index (χ0) is 9.31. The van der Waals surface area contributed by atoms with Gasteiger partial charge in [-0.1, -0.05) is 25.0 Å². The predicted molar refractivity (Wildman–Crippen MR) is 53.4 cm³/mol. The van der Waals surface area contributed by atoms with E-state index in [9.17, 15) is 4.79 Å². The summed E-state index contributed by atoms with van der Waals surface area (Å²) in [5, 5.41) is 0. The van der Waals surface area contributed by atoms with Gasteiger partial charge in [0.1, 0.15) is 0 Å². The van der Waals surface area contributed by atoms with E-state index in [4.69, 9.17) is 0 Å². The highest BCUT2D eigenvalue weighted by Crippen LogP contribution is 2.47. The molecule has 13 heavy (non-hydrogen) atoms. The number of rotatable bonds is 1. The van der Waals surface area contributed by atoms with Gasteiger partial charge in [-0.3, -0.25) is 4.79 Å². The van der Waals surface area contributed by atoms with Crippen molar-refractivity contribution in [1.29, 1.82) is 0 Å². The molecule has 0 spiro atoms. The Morgan fingerprint density at radius 3 is 3.15 bits per heavy atom. The molecule has 0 aliphatic heterocycles. The summed E-state index contributed by atoms with van der Waals surface area (Å²) in [5.41, 5.74) is 0.115. The molecule has 1 fully saturated rings. The van der Waals surface area contributed by atoms with Gasteiger partial charge >= 0.3 is 0 Å². The molecule has 2 atom stereocenters. The molecule has 70 valence electrons. The Kier molecular flexibility index (Phi) is 2.10. The fraction of sp³-hybridized carbons (Fsp3) is 0.583. The van der Waals surface area contributed by atoms with Crippen LogP contribution < -0.4 is 0 Å². The summed E-state index contributed by atoms with van der Waals surface area (Å²) in [4.78, 5) is 11.3. The minimum absolute atomic E-state index is 0.115. The summed E-state index contributed by atoms with van der Waals surface area (Å²) < 4.78 is 0. The summed E-state index contributed by atoms with van der Waals surface area (Å²) >= 11 is 0. The zero-order valence-electron chi connectivity index (χ0n) is 7.96. The molecular weight excluding hydrogens is 160 g/mol. The van der Waals surface area contributed by atoms with Crippen molar-refractivity contribution in [2.45, 2.75) is 32.1 Å². The van der Waals surface area contributed by atoms with E-state index in [2.05, 4.69) is 12.7 Å². The Bertz CT molecular complexity index is 264. The zero-order valence-corrected chi connectivity index (χ0v) is 7.96. The van der Waals surface area contributed by atoms with Gasteiger partial charge in [0.2, 0.25) is 0 Å². The third-order valence-corrected chi connectivity index (χ3v) is 3.57. The standard InChI is InChI=1S/C12H16O/c1-2-12-8-4-3-5-10(12)6-7-11(13)9-12/h2,6-7,10H,1,3-5,8-9H2. The third kappa shape index (κ3) is 1.37. The largest absolute Gasteiger partial charge is 0.295 e. The molecule has 2 aliphatic rings. The summed E-state index contributed by atoms with van der Waals surface area (Å²) in [6.45, 7) is 3.91. The molecule has 0 N–H and O–H groups in total. The predicted octanol–water partition coefficient (Wildman–Crippen LogP) is 2.88. The van der Waals surface area contributed by atoms with Crippen LogP contribution >= 0.6 is 0 Å². The number of fused-ring (bicyclic) bond motifs is 1. The maximum Gasteiger partial charge on any atom is 0.156 e. The van der Waals surface area contributed by atoms with Crippen LogP contribution in [0, 0.1) is 11.3 Å². The first-order chi connectivity index (χ1) is 6.27. The maximum absolute atomic E-state index is 11.3. The van der Waals surface area contributed by atoms with Crippen molar-refractivity contribution in [3.05, 3.63) is 24.8 Å². The lowest BCUT2D eigenvalue weighted by atomic mass is 9.62. The van der Waals surface area contributed by atoms with Crippen molar-refractivity contribution in [2.24, 2.45) is 11.3 Å². The van der Waals surface area contributed by atoms with Gasteiger partial charge in [-0.05, 0) is 24.8 Å². The molecule has 0 saturated heterocycles. The van der Waals surface area contributed by atoms with E-state index in [0.29, 0.717) is 12.3 Å². The van der Waals surface area contributed by atoms with Gasteiger partial charge in [-0.15, -0.1) is 6.58 Å². The molecule has 1 heteroatoms. The Morgan fingerprint density at radius 2 is 2.38 bits per heavy atom. The second kappa shape index (κ2) is 3.13. The van der Waals surface area contributed by atoms with E-state index in [-0.39, 0.29) is 11.2 Å². The highest BCUT2D eigenvalue weighted by atomic mass is 16.1. The third-order valence-electron chi connectivity index (χ3n) is 3.57. The van der Waals surface area contributed by atoms with Crippen molar-refractivity contribution in [3.63, 3.8) is 0 Å². The highest BCUT2D eigenvalue weighted by Gasteiger charge is 2.40. The Labute approximate surface area is 79.5 Å². The van der Waals surface area contributed by atoms with E-state index in [1.54, 1.807) is 6.08 Å². The number of carbonyl (C=O) groups excluding carboxylic acids is 1. The van der Waals surface area contributed by atoms with Gasteiger partial charge in [0.25, 0.3) is 0 Å². The van der Waals surface area contributed by atoms with Crippen molar-refractivity contribution < 1.29 is 4.79 Å². The molecule has 2 rings (SSSR count). The molecule has 2 aliphatic carbocycles. The monoisotopic (exact) mass is 176 g/mol. The summed E-state index contributed by atoms with van der Waals surface area (Å²) in [6, 6.07) is 0. The SMILES string of the molecule is C=CC12CCCCC1C=CC(=O)C2. The van der Waals surface area contributed by atoms with Crippen molar-refractivity contribution in [3.8, 4) is 0 Å². The summed E-state index contributed by atoms with van der Waals surface area (Å²) in [7, 11) is 0. The molecule has 1 saturated carbocycles. The second-order valence-electron chi connectivity index (χ2n) is 4.29. The first kappa shape index (κ1) is 8.74. The summed E-state index contributed by atoms with van der Waals surface area (Å²) in [6.07, 6.45) is 11.5. The fourth-order valence-electron chi connectivity index (χ4n) is 2.73. The fourth-order valence-corrected chi connectivity index (χ4v) is 2.73. The number of hydrogen-bond acceptors (Lipinski definition) is 1. The average Bonchev–Trinajstić information content (AvgIpc) is 2.17. The van der Waals surface area contributed by atoms with Gasteiger partial charge in [0.05, 0.1) is 0 Å². The lowest BCUT2D eigenvalue weighted by molar-refractivity contribution is -0.117. The molecule has 2 unspecified atom stereocenters. The maximum atomic E-state index is 11.3. The smallest absolute Gasteiger partial charge is 0.156 e. The molecule has 0 aromatic heterocycles.